The highest BCUT2D eigenvalue weighted by Crippen LogP contribution is 2.39. The topological polar surface area (TPSA) is 49.9 Å². The zero-order chi connectivity index (χ0) is 26.7. The molecule has 0 aliphatic carbocycles. The first-order valence-electron chi connectivity index (χ1n) is 13.0. The van der Waals surface area contributed by atoms with E-state index in [0.29, 0.717) is 12.1 Å². The van der Waals surface area contributed by atoms with E-state index in [4.69, 9.17) is 4.74 Å². The van der Waals surface area contributed by atoms with Crippen molar-refractivity contribution >= 4 is 17.5 Å². The van der Waals surface area contributed by atoms with E-state index in [0.717, 1.165) is 35.4 Å². The molecular formula is C32H38N2O3. The Labute approximate surface area is 221 Å². The van der Waals surface area contributed by atoms with Crippen molar-refractivity contribution in [3.8, 4) is 5.75 Å². The van der Waals surface area contributed by atoms with Gasteiger partial charge in [0.15, 0.2) is 0 Å². The first-order valence-corrected chi connectivity index (χ1v) is 13.0. The number of aryl methyl sites for hydroxylation is 1. The maximum absolute atomic E-state index is 14.1. The zero-order valence-electron chi connectivity index (χ0n) is 22.8. The van der Waals surface area contributed by atoms with Crippen LogP contribution in [0.1, 0.15) is 66.7 Å². The Bertz CT molecular complexity index is 1260. The Morgan fingerprint density at radius 1 is 0.973 bits per heavy atom. The van der Waals surface area contributed by atoms with Crippen molar-refractivity contribution in [3.63, 3.8) is 0 Å². The van der Waals surface area contributed by atoms with Gasteiger partial charge in [0.1, 0.15) is 5.75 Å². The Balaban J connectivity index is 1.73. The van der Waals surface area contributed by atoms with Gasteiger partial charge in [0, 0.05) is 24.8 Å². The molecule has 4 rings (SSSR count). The Hall–Kier alpha value is -3.60. The number of methoxy groups -OCH3 is 1. The molecule has 1 fully saturated rings. The van der Waals surface area contributed by atoms with Gasteiger partial charge in [-0.05, 0) is 72.2 Å². The van der Waals surface area contributed by atoms with Crippen molar-refractivity contribution in [2.45, 2.75) is 52.0 Å². The van der Waals surface area contributed by atoms with E-state index < -0.39 is 0 Å². The summed E-state index contributed by atoms with van der Waals surface area (Å²) in [6.45, 7) is 9.08. The predicted octanol–water partition coefficient (Wildman–Crippen LogP) is 6.56. The van der Waals surface area contributed by atoms with Gasteiger partial charge in [-0.15, -0.1) is 0 Å². The lowest BCUT2D eigenvalue weighted by Crippen LogP contribution is -2.48. The summed E-state index contributed by atoms with van der Waals surface area (Å²) in [6, 6.07) is 23.2. The first kappa shape index (κ1) is 26.5. The highest BCUT2D eigenvalue weighted by Gasteiger charge is 2.41. The quantitative estimate of drug-likeness (QED) is 0.400. The molecule has 0 aromatic heterocycles. The van der Waals surface area contributed by atoms with Crippen LogP contribution in [0.15, 0.2) is 72.8 Å². The molecule has 2 amide bonds. The monoisotopic (exact) mass is 498 g/mol. The molecule has 37 heavy (non-hydrogen) atoms. The molecule has 1 aliphatic rings. The number of hydrogen-bond acceptors (Lipinski definition) is 3. The molecule has 3 aromatic rings. The van der Waals surface area contributed by atoms with Crippen molar-refractivity contribution in [2.75, 3.05) is 25.6 Å². The van der Waals surface area contributed by atoms with Crippen molar-refractivity contribution in [1.82, 2.24) is 4.90 Å². The molecule has 0 bridgehead atoms. The van der Waals surface area contributed by atoms with Crippen molar-refractivity contribution in [3.05, 3.63) is 95.1 Å². The molecule has 5 nitrogen and oxygen atoms in total. The molecule has 1 saturated heterocycles. The fourth-order valence-electron chi connectivity index (χ4n) is 5.22. The number of carbonyl (C=O) groups is 2. The van der Waals surface area contributed by atoms with E-state index in [1.165, 1.54) is 5.56 Å². The minimum atomic E-state index is -0.368. The molecule has 5 heteroatoms. The van der Waals surface area contributed by atoms with Crippen LogP contribution in [-0.4, -0.2) is 37.4 Å². The smallest absolute Gasteiger partial charge is 0.254 e. The standard InChI is InChI=1S/C32H38N2O3/c1-22-11-7-8-14-27(22)31(36)34-20-10-15-28(29(34)23-16-18-26(37-6)19-17-23)30(35)33(5)25-13-9-12-24(21-25)32(2,3)4/h7-9,11-14,16-19,21,28-29H,10,15,20H2,1-6H3. The maximum Gasteiger partial charge on any atom is 0.254 e. The average molecular weight is 499 g/mol. The third-order valence-corrected chi connectivity index (χ3v) is 7.47. The van der Waals surface area contributed by atoms with Gasteiger partial charge >= 0.3 is 0 Å². The lowest BCUT2D eigenvalue weighted by Gasteiger charge is -2.42. The largest absolute Gasteiger partial charge is 0.497 e. The van der Waals surface area contributed by atoms with Crippen LogP contribution in [0.25, 0.3) is 0 Å². The fraction of sp³-hybridized carbons (Fsp3) is 0.375. The molecular weight excluding hydrogens is 460 g/mol. The summed E-state index contributed by atoms with van der Waals surface area (Å²) >= 11 is 0. The van der Waals surface area contributed by atoms with E-state index in [1.54, 1.807) is 12.0 Å². The molecule has 1 heterocycles. The zero-order valence-corrected chi connectivity index (χ0v) is 22.8. The van der Waals surface area contributed by atoms with Crippen LogP contribution in [0, 0.1) is 12.8 Å². The molecule has 0 N–H and O–H groups in total. The summed E-state index contributed by atoms with van der Waals surface area (Å²) in [4.78, 5) is 31.6. The molecule has 0 saturated carbocycles. The third kappa shape index (κ3) is 5.56. The molecule has 1 aliphatic heterocycles. The second-order valence-corrected chi connectivity index (χ2v) is 11.0. The molecule has 0 spiro atoms. The van der Waals surface area contributed by atoms with Crippen LogP contribution >= 0.6 is 0 Å². The van der Waals surface area contributed by atoms with Gasteiger partial charge in [-0.3, -0.25) is 9.59 Å². The van der Waals surface area contributed by atoms with Gasteiger partial charge < -0.3 is 14.5 Å². The average Bonchev–Trinajstić information content (AvgIpc) is 2.91. The van der Waals surface area contributed by atoms with Crippen LogP contribution < -0.4 is 9.64 Å². The number of rotatable bonds is 5. The number of benzene rings is 3. The predicted molar refractivity (Wildman–Crippen MR) is 149 cm³/mol. The van der Waals surface area contributed by atoms with Gasteiger partial charge in [-0.1, -0.05) is 63.2 Å². The number of ether oxygens (including phenoxy) is 1. The first-order chi connectivity index (χ1) is 17.6. The lowest BCUT2D eigenvalue weighted by atomic mass is 9.82. The Kier molecular flexibility index (Phi) is 7.72. The van der Waals surface area contributed by atoms with E-state index in [-0.39, 0.29) is 29.2 Å². The summed E-state index contributed by atoms with van der Waals surface area (Å²) in [6.07, 6.45) is 1.49. The minimum absolute atomic E-state index is 0.0207. The number of hydrogen-bond donors (Lipinski definition) is 0. The molecule has 2 atom stereocenters. The number of anilines is 1. The van der Waals surface area contributed by atoms with Crippen molar-refractivity contribution in [1.29, 1.82) is 0 Å². The lowest BCUT2D eigenvalue weighted by molar-refractivity contribution is -0.125. The van der Waals surface area contributed by atoms with Gasteiger partial charge in [-0.25, -0.2) is 0 Å². The molecule has 0 radical (unpaired) electrons. The number of piperidine rings is 1. The van der Waals surface area contributed by atoms with Gasteiger partial charge in [-0.2, -0.15) is 0 Å². The van der Waals surface area contributed by atoms with Crippen LogP contribution in [0.2, 0.25) is 0 Å². The van der Waals surface area contributed by atoms with Crippen LogP contribution in [0.4, 0.5) is 5.69 Å². The van der Waals surface area contributed by atoms with E-state index in [9.17, 15) is 9.59 Å². The number of nitrogens with zero attached hydrogens (tertiary/aromatic N) is 2. The summed E-state index contributed by atoms with van der Waals surface area (Å²) in [5, 5.41) is 0. The third-order valence-electron chi connectivity index (χ3n) is 7.47. The maximum atomic E-state index is 14.1. The molecule has 194 valence electrons. The van der Waals surface area contributed by atoms with Crippen molar-refractivity contribution in [2.24, 2.45) is 5.92 Å². The van der Waals surface area contributed by atoms with Gasteiger partial charge in [0.05, 0.1) is 19.1 Å². The summed E-state index contributed by atoms with van der Waals surface area (Å²) in [5.41, 5.74) is 4.58. The highest BCUT2D eigenvalue weighted by atomic mass is 16.5. The highest BCUT2D eigenvalue weighted by molar-refractivity contribution is 5.98. The van der Waals surface area contributed by atoms with Crippen LogP contribution in [-0.2, 0) is 10.2 Å². The van der Waals surface area contributed by atoms with Crippen molar-refractivity contribution < 1.29 is 14.3 Å². The van der Waals surface area contributed by atoms with E-state index in [1.807, 2.05) is 79.5 Å². The fourth-order valence-corrected chi connectivity index (χ4v) is 5.22. The second kappa shape index (κ2) is 10.8. The Morgan fingerprint density at radius 2 is 1.68 bits per heavy atom. The van der Waals surface area contributed by atoms with Gasteiger partial charge in [0.25, 0.3) is 5.91 Å². The van der Waals surface area contributed by atoms with Crippen LogP contribution in [0.3, 0.4) is 0 Å². The van der Waals surface area contributed by atoms with E-state index in [2.05, 4.69) is 32.9 Å². The Morgan fingerprint density at radius 3 is 2.32 bits per heavy atom. The molecule has 2 unspecified atom stereocenters. The minimum Gasteiger partial charge on any atom is -0.497 e. The summed E-state index contributed by atoms with van der Waals surface area (Å²) in [5.74, 6) is 0.372. The normalized spacial score (nSPS) is 17.8. The number of amides is 2. The number of carbonyl (C=O) groups excluding carboxylic acids is 2. The summed E-state index contributed by atoms with van der Waals surface area (Å²) in [7, 11) is 3.48. The summed E-state index contributed by atoms with van der Waals surface area (Å²) < 4.78 is 5.37. The van der Waals surface area contributed by atoms with Crippen LogP contribution in [0.5, 0.6) is 5.75 Å². The van der Waals surface area contributed by atoms with Gasteiger partial charge in [0.2, 0.25) is 5.91 Å². The number of likely N-dealkylation sites (tertiary alicyclic amines) is 1. The van der Waals surface area contributed by atoms with E-state index >= 15 is 0 Å². The SMILES string of the molecule is COc1ccc(C2C(C(=O)N(C)c3cccc(C(C)(C)C)c3)CCCN2C(=O)c2ccccc2C)cc1. The molecule has 3 aromatic carbocycles. The second-order valence-electron chi connectivity index (χ2n) is 11.0.